The first-order chi connectivity index (χ1) is 9.24. The smallest absolute Gasteiger partial charge is 0.227 e. The lowest BCUT2D eigenvalue weighted by atomic mass is 10.0. The summed E-state index contributed by atoms with van der Waals surface area (Å²) in [5.41, 5.74) is 4.19. The van der Waals surface area contributed by atoms with Crippen LogP contribution in [0.15, 0.2) is 35.4 Å². The van der Waals surface area contributed by atoms with Crippen LogP contribution in [0.1, 0.15) is 31.2 Å². The molecule has 2 aliphatic rings. The van der Waals surface area contributed by atoms with Gasteiger partial charge in [0, 0.05) is 18.1 Å². The number of allylic oxidation sites excluding steroid dienone is 1. The zero-order chi connectivity index (χ0) is 13.2. The number of likely N-dealkylation sites (tertiary alicyclic amines) is 1. The van der Waals surface area contributed by atoms with Crippen LogP contribution < -0.4 is 0 Å². The molecule has 0 unspecified atom stereocenters. The van der Waals surface area contributed by atoms with Crippen molar-refractivity contribution in [2.45, 2.75) is 32.1 Å². The molecule has 0 radical (unpaired) electrons. The molecule has 19 heavy (non-hydrogen) atoms. The van der Waals surface area contributed by atoms with Crippen molar-refractivity contribution in [3.8, 4) is 0 Å². The van der Waals surface area contributed by atoms with Crippen molar-refractivity contribution < 1.29 is 4.79 Å². The minimum Gasteiger partial charge on any atom is -0.342 e. The Labute approximate surface area is 119 Å². The first kappa shape index (κ1) is 12.7. The number of benzene rings is 1. The highest BCUT2D eigenvalue weighted by molar-refractivity contribution is 6.31. The zero-order valence-corrected chi connectivity index (χ0v) is 11.7. The molecule has 1 amide bonds. The molecule has 1 aromatic rings. The molecular formula is C16H18ClNO. The number of piperidine rings is 1. The van der Waals surface area contributed by atoms with Crippen molar-refractivity contribution >= 4 is 17.5 Å². The number of halogens is 1. The van der Waals surface area contributed by atoms with Crippen molar-refractivity contribution in [2.24, 2.45) is 0 Å². The average Bonchev–Trinajstić information content (AvgIpc) is 3.26. The highest BCUT2D eigenvalue weighted by Gasteiger charge is 2.24. The van der Waals surface area contributed by atoms with E-state index in [-0.39, 0.29) is 5.91 Å². The molecule has 1 saturated carbocycles. The van der Waals surface area contributed by atoms with E-state index in [0.717, 1.165) is 31.5 Å². The maximum Gasteiger partial charge on any atom is 0.227 e. The third-order valence-electron chi connectivity index (χ3n) is 4.02. The van der Waals surface area contributed by atoms with Gasteiger partial charge >= 0.3 is 0 Å². The summed E-state index contributed by atoms with van der Waals surface area (Å²) in [6.45, 7) is 1.75. The molecular weight excluding hydrogens is 258 g/mol. The van der Waals surface area contributed by atoms with Crippen molar-refractivity contribution in [1.82, 2.24) is 4.90 Å². The Morgan fingerprint density at radius 1 is 1.05 bits per heavy atom. The van der Waals surface area contributed by atoms with E-state index in [9.17, 15) is 4.79 Å². The van der Waals surface area contributed by atoms with Crippen LogP contribution in [0.25, 0.3) is 0 Å². The van der Waals surface area contributed by atoms with Crippen molar-refractivity contribution in [3.63, 3.8) is 0 Å². The first-order valence-electron chi connectivity index (χ1n) is 6.95. The fourth-order valence-electron chi connectivity index (χ4n) is 2.71. The highest BCUT2D eigenvalue weighted by atomic mass is 35.5. The molecule has 1 aliphatic heterocycles. The van der Waals surface area contributed by atoms with Gasteiger partial charge < -0.3 is 4.90 Å². The van der Waals surface area contributed by atoms with E-state index in [0.29, 0.717) is 11.4 Å². The fraction of sp³-hybridized carbons (Fsp3) is 0.438. The van der Waals surface area contributed by atoms with Crippen LogP contribution in [0, 0.1) is 0 Å². The minimum atomic E-state index is 0.202. The molecule has 0 atom stereocenters. The Morgan fingerprint density at radius 2 is 1.68 bits per heavy atom. The lowest BCUT2D eigenvalue weighted by molar-refractivity contribution is -0.130. The molecule has 2 nitrogen and oxygen atoms in total. The maximum absolute atomic E-state index is 12.3. The minimum absolute atomic E-state index is 0.202. The summed E-state index contributed by atoms with van der Waals surface area (Å²) < 4.78 is 0. The highest BCUT2D eigenvalue weighted by Crippen LogP contribution is 2.36. The van der Waals surface area contributed by atoms with Crippen molar-refractivity contribution in [1.29, 1.82) is 0 Å². The van der Waals surface area contributed by atoms with Gasteiger partial charge in [0.2, 0.25) is 5.91 Å². The fourth-order valence-corrected chi connectivity index (χ4v) is 2.91. The number of carbonyl (C=O) groups is 1. The number of nitrogens with zero attached hydrogens (tertiary/aromatic N) is 1. The van der Waals surface area contributed by atoms with Gasteiger partial charge in [-0.1, -0.05) is 40.9 Å². The number of hydrogen-bond donors (Lipinski definition) is 0. The van der Waals surface area contributed by atoms with Gasteiger partial charge in [-0.2, -0.15) is 0 Å². The lowest BCUT2D eigenvalue weighted by Crippen LogP contribution is -2.37. The van der Waals surface area contributed by atoms with Crippen LogP contribution in [0.3, 0.4) is 0 Å². The quantitative estimate of drug-likeness (QED) is 0.755. The Hall–Kier alpha value is -1.28. The summed E-state index contributed by atoms with van der Waals surface area (Å²) in [7, 11) is 0. The van der Waals surface area contributed by atoms with E-state index in [1.54, 1.807) is 11.1 Å². The van der Waals surface area contributed by atoms with E-state index in [1.807, 2.05) is 29.2 Å². The van der Waals surface area contributed by atoms with Gasteiger partial charge in [-0.15, -0.1) is 0 Å². The van der Waals surface area contributed by atoms with Crippen LogP contribution >= 0.6 is 11.6 Å². The van der Waals surface area contributed by atoms with Gasteiger partial charge in [0.05, 0.1) is 6.42 Å². The van der Waals surface area contributed by atoms with Crippen LogP contribution in [0.4, 0.5) is 0 Å². The molecule has 3 rings (SSSR count). The number of hydrogen-bond acceptors (Lipinski definition) is 1. The van der Waals surface area contributed by atoms with Gasteiger partial charge in [0.15, 0.2) is 0 Å². The molecule has 0 N–H and O–H groups in total. The summed E-state index contributed by atoms with van der Waals surface area (Å²) in [5, 5.41) is 0.689. The average molecular weight is 276 g/mol. The topological polar surface area (TPSA) is 20.3 Å². The zero-order valence-electron chi connectivity index (χ0n) is 11.0. The number of carbonyl (C=O) groups excluding carboxylic acids is 1. The SMILES string of the molecule is O=C(Cc1ccccc1Cl)N1CCC(=C2CC2)CC1. The number of rotatable bonds is 2. The Morgan fingerprint density at radius 3 is 2.32 bits per heavy atom. The molecule has 1 aliphatic carbocycles. The van der Waals surface area contributed by atoms with E-state index in [1.165, 1.54) is 12.8 Å². The molecule has 2 fully saturated rings. The third kappa shape index (κ3) is 3.01. The number of amides is 1. The van der Waals surface area contributed by atoms with Gasteiger partial charge in [0.1, 0.15) is 0 Å². The second kappa shape index (κ2) is 5.38. The van der Waals surface area contributed by atoms with E-state index < -0.39 is 0 Å². The normalized spacial score (nSPS) is 18.7. The van der Waals surface area contributed by atoms with E-state index in [4.69, 9.17) is 11.6 Å². The molecule has 100 valence electrons. The van der Waals surface area contributed by atoms with Crippen LogP contribution in [-0.2, 0) is 11.2 Å². The largest absolute Gasteiger partial charge is 0.342 e. The predicted octanol–water partition coefficient (Wildman–Crippen LogP) is 3.60. The van der Waals surface area contributed by atoms with Gasteiger partial charge in [0.25, 0.3) is 0 Å². The molecule has 1 aromatic carbocycles. The molecule has 1 heterocycles. The third-order valence-corrected chi connectivity index (χ3v) is 4.39. The molecule has 3 heteroatoms. The predicted molar refractivity (Wildman–Crippen MR) is 77.2 cm³/mol. The standard InChI is InChI=1S/C16H18ClNO/c17-15-4-2-1-3-14(15)11-16(19)18-9-7-13(8-10-18)12-5-6-12/h1-4H,5-11H2. The van der Waals surface area contributed by atoms with Crippen LogP contribution in [0.2, 0.25) is 5.02 Å². The Kier molecular flexibility index (Phi) is 3.61. The van der Waals surface area contributed by atoms with Crippen molar-refractivity contribution in [2.75, 3.05) is 13.1 Å². The molecule has 1 saturated heterocycles. The van der Waals surface area contributed by atoms with E-state index >= 15 is 0 Å². The van der Waals surface area contributed by atoms with Gasteiger partial charge in [-0.05, 0) is 37.3 Å². The van der Waals surface area contributed by atoms with Crippen molar-refractivity contribution in [3.05, 3.63) is 46.0 Å². The van der Waals surface area contributed by atoms with E-state index in [2.05, 4.69) is 0 Å². The summed E-state index contributed by atoms with van der Waals surface area (Å²) in [6, 6.07) is 7.60. The first-order valence-corrected chi connectivity index (χ1v) is 7.33. The maximum atomic E-state index is 12.3. The van der Waals surface area contributed by atoms with Gasteiger partial charge in [-0.3, -0.25) is 4.79 Å². The molecule has 0 bridgehead atoms. The summed E-state index contributed by atoms with van der Waals surface area (Å²) in [5.74, 6) is 0.202. The summed E-state index contributed by atoms with van der Waals surface area (Å²) in [6.07, 6.45) is 5.16. The lowest BCUT2D eigenvalue weighted by Gasteiger charge is -2.28. The van der Waals surface area contributed by atoms with Crippen LogP contribution in [0.5, 0.6) is 0 Å². The summed E-state index contributed by atoms with van der Waals surface area (Å²) >= 11 is 6.10. The Balaban J connectivity index is 1.59. The Bertz CT molecular complexity index is 519. The van der Waals surface area contributed by atoms with Gasteiger partial charge in [-0.25, -0.2) is 0 Å². The molecule has 0 aromatic heterocycles. The summed E-state index contributed by atoms with van der Waals surface area (Å²) in [4.78, 5) is 14.2. The monoisotopic (exact) mass is 275 g/mol. The second-order valence-electron chi connectivity index (χ2n) is 5.36. The second-order valence-corrected chi connectivity index (χ2v) is 5.76. The van der Waals surface area contributed by atoms with Crippen LogP contribution in [-0.4, -0.2) is 23.9 Å². The molecule has 0 spiro atoms.